The van der Waals surface area contributed by atoms with Gasteiger partial charge in [0, 0.05) is 92.5 Å². The minimum absolute atomic E-state index is 0.0600. The van der Waals surface area contributed by atoms with Crippen LogP contribution in [0.4, 0.5) is 30.6 Å². The minimum atomic E-state index is -4.22. The molecule has 9 aromatic rings. The Labute approximate surface area is 693 Å². The quantitative estimate of drug-likeness (QED) is 0.0168. The van der Waals surface area contributed by atoms with Gasteiger partial charge in [-0.1, -0.05) is 108 Å². The first kappa shape index (κ1) is 41.4. The molecule has 0 unspecified atom stereocenters. The number of hydrogen-bond acceptors (Lipinski definition) is 30. The lowest BCUT2D eigenvalue weighted by Crippen LogP contribution is -2.33. The number of nitrogens with one attached hydrogen (secondary N) is 3. The lowest BCUT2D eigenvalue weighted by atomic mass is 10.1. The summed E-state index contributed by atoms with van der Waals surface area (Å²) in [6, 6.07) is -24.6. The van der Waals surface area contributed by atoms with Crippen molar-refractivity contribution in [2.75, 3.05) is 72.6 Å². The zero-order chi connectivity index (χ0) is 115. The number of benzene rings is 3. The predicted molar refractivity (Wildman–Crippen MR) is 398 cm³/mol. The van der Waals surface area contributed by atoms with Gasteiger partial charge in [0.2, 0.25) is 0 Å². The first-order valence-corrected chi connectivity index (χ1v) is 34.5. The van der Waals surface area contributed by atoms with Crippen molar-refractivity contribution in [2.45, 2.75) is 223 Å². The minimum Gasteiger partial charge on any atom is -0.394 e. The van der Waals surface area contributed by atoms with Crippen LogP contribution in [0.15, 0.2) is 69.9 Å². The van der Waals surface area contributed by atoms with E-state index in [1.165, 1.54) is 41.5 Å². The average molecular weight is 1600 g/mol. The molecular weight excluding hydrogens is 1460 g/mol. The number of nitrogens with zero attached hydrogens (tertiary/aromatic N) is 15. The zero-order valence-electron chi connectivity index (χ0n) is 99.9. The fraction of sp³-hybridized carbons (Fsp3) is 0.583. The standard InChI is InChI=1S/3C24H31FN6O4S/c3*1-3-8-36-24-27-22(26-16-10-14(16)13-5-4-12(2)15(25)9-13)19-23(28-24)31(30-29-19)17-11-18(35-7-6-32)21(34)20(17)33/h3*4-5,9,14,16-18,20-21,32-34H,3,6-8,10-11H2,1-2H3,(H,26,27,28)/t3*14-,16+,17+,18-,20-,21+/m000/s1/i4D,5D,7D2,8D2,9D,11D2,14D,16D,17D,18D,20D,21D;4D,5D,6D2,8D2,9D,11D2,14D,16D,17D,18D,20D,21D;4D,5D,8D2,9D,11D2,14D,16D,17D,18D,20D,21D. The zero-order valence-corrected chi connectivity index (χ0v) is 59.3. The van der Waals surface area contributed by atoms with Crippen LogP contribution in [0.2, 0.25) is 0 Å². The third-order valence-electron chi connectivity index (χ3n) is 15.3. The molecule has 18 atom stereocenters. The van der Waals surface area contributed by atoms with Gasteiger partial charge in [-0.15, -0.1) is 15.3 Å². The van der Waals surface area contributed by atoms with Crippen LogP contribution < -0.4 is 16.0 Å². The highest BCUT2D eigenvalue weighted by Gasteiger charge is 2.49. The molecule has 6 aliphatic rings. The maximum atomic E-state index is 14.8. The van der Waals surface area contributed by atoms with Gasteiger partial charge in [-0.25, -0.2) is 57.1 Å². The maximum Gasteiger partial charge on any atom is 0.191 e. The van der Waals surface area contributed by atoms with E-state index in [0.29, 0.717) is 35.3 Å². The highest BCUT2D eigenvalue weighted by molar-refractivity contribution is 7.99. The molecule has 582 valence electrons. The number of fused-ring (bicyclic) bond motifs is 3. The number of hydrogen-bond donors (Lipinski definition) is 12. The molecule has 108 heavy (non-hydrogen) atoms. The molecule has 6 fully saturated rings. The summed E-state index contributed by atoms with van der Waals surface area (Å²) in [6.07, 6.45) is -49.8. The third kappa shape index (κ3) is 17.5. The largest absolute Gasteiger partial charge is 0.394 e. The fourth-order valence-electron chi connectivity index (χ4n) is 9.77. The number of aliphatic hydroxyl groups is 9. The van der Waals surface area contributed by atoms with Gasteiger partial charge < -0.3 is 76.1 Å². The number of thioether (sulfide) groups is 3. The molecule has 0 radical (unpaired) electrons. The number of aromatic nitrogens is 15. The Morgan fingerprint density at radius 1 is 0.481 bits per heavy atom. The van der Waals surface area contributed by atoms with E-state index in [9.17, 15) is 59.1 Å². The van der Waals surface area contributed by atoms with Gasteiger partial charge in [0.15, 0.2) is 66.4 Å². The molecular formula is C72H93F3N18O12S3. The van der Waals surface area contributed by atoms with Crippen molar-refractivity contribution >= 4 is 86.2 Å². The third-order valence-corrected chi connectivity index (χ3v) is 17.6. The SMILES string of the molecule is [2H]c1c([2H])c([C@]2([2H])C[C@@]2([2H])Nc2nc(SC([2H])([2H])CC)nc3c2nnn3[C@]2([2H])C([2H])([2H])[C@]([2H])(OC([2H])([2H])CO)[C@@]([2H])(O)[C@@]2([2H])O)c([2H])c(F)c1C.[2H]c1c([2H])c([C@]2([2H])C[C@@]2([2H])Nc2nc(SC([2H])([2H])CC)nc3c2nnn3[C@]2([2H])C([2H])([2H])[C@]([2H])(OCC([2H])([2H])O)[C@@]([2H])(O)[C@@]2([2H])O)c([2H])c(F)c1C.[2H]c1c([2H])c([C@]2([2H])C[C@@]2([2H])Nc2nc(SC([2H])([2H])CC)nc3c2nnn3[C@]2([2H])C([2H])([2H])[C@]([2H])(OCCO)[C@@]([2H])(O)[C@@]2([2H])O)c([2H])c(F)c1C. The van der Waals surface area contributed by atoms with Crippen LogP contribution in [-0.4, -0.2) is 250 Å². The van der Waals surface area contributed by atoms with E-state index in [2.05, 4.69) is 81.5 Å². The van der Waals surface area contributed by atoms with Crippen LogP contribution in [-0.2, 0) is 14.2 Å². The molecule has 6 saturated carbocycles. The average Bonchev–Trinajstić information content (AvgIpc) is 1.49. The van der Waals surface area contributed by atoms with Crippen LogP contribution >= 0.6 is 35.3 Å². The molecule has 6 aromatic heterocycles. The molecule has 30 nitrogen and oxygen atoms in total. The lowest BCUT2D eigenvalue weighted by molar-refractivity contribution is -0.0629. The first-order valence-electron chi connectivity index (χ1n) is 53.5. The summed E-state index contributed by atoms with van der Waals surface area (Å²) in [5.41, 5.74) is -13.0. The summed E-state index contributed by atoms with van der Waals surface area (Å²) < 4.78 is 422. The molecule has 0 saturated heterocycles. The highest BCUT2D eigenvalue weighted by atomic mass is 32.2. The summed E-state index contributed by atoms with van der Waals surface area (Å²) in [5.74, 6) is -11.9. The molecule has 0 spiro atoms. The smallest absolute Gasteiger partial charge is 0.191 e. The van der Waals surface area contributed by atoms with Crippen LogP contribution in [0.1, 0.15) is 206 Å². The Hall–Kier alpha value is -7.14. The van der Waals surface area contributed by atoms with Crippen molar-refractivity contribution in [3.05, 3.63) is 105 Å². The van der Waals surface area contributed by atoms with Gasteiger partial charge in [0.1, 0.15) is 53.9 Å². The Bertz CT molecular complexity index is 6930. The number of aliphatic hydroxyl groups excluding tert-OH is 2. The van der Waals surface area contributed by atoms with E-state index < -0.39 is 358 Å². The van der Waals surface area contributed by atoms with Crippen molar-refractivity contribution in [3.8, 4) is 0 Å². The van der Waals surface area contributed by atoms with E-state index >= 15 is 0 Å². The van der Waals surface area contributed by atoms with E-state index in [1.54, 1.807) is 0 Å². The Balaban J connectivity index is 0.000000189. The molecule has 0 bridgehead atoms. The molecule has 0 aliphatic heterocycles. The second-order valence-electron chi connectivity index (χ2n) is 22.7. The van der Waals surface area contributed by atoms with E-state index in [0.717, 1.165) is 0 Å². The molecule has 36 heteroatoms. The monoisotopic (exact) mass is 1600 g/mol. The Kier molecular flexibility index (Phi) is 13.4. The summed E-state index contributed by atoms with van der Waals surface area (Å²) in [6.45, 7) is -3.49. The highest BCUT2D eigenvalue weighted by Crippen LogP contribution is 2.48. The molecule has 3 aromatic carbocycles. The summed E-state index contributed by atoms with van der Waals surface area (Å²) in [5, 5.41) is 123. The maximum absolute atomic E-state index is 14.8. The lowest BCUT2D eigenvalue weighted by Gasteiger charge is -2.17. The van der Waals surface area contributed by atoms with E-state index in [4.69, 9.17) is 68.4 Å². The molecule has 12 N–H and O–H groups in total. The Morgan fingerprint density at radius 3 is 1.11 bits per heavy atom. The predicted octanol–water partition coefficient (Wildman–Crippen LogP) is 6.55. The van der Waals surface area contributed by atoms with Crippen molar-refractivity contribution < 1.29 is 132 Å². The van der Waals surface area contributed by atoms with Crippen LogP contribution in [0.5, 0.6) is 0 Å². The van der Waals surface area contributed by atoms with Gasteiger partial charge in [-0.2, -0.15) is 0 Å². The van der Waals surface area contributed by atoms with Gasteiger partial charge >= 0.3 is 0 Å². The summed E-state index contributed by atoms with van der Waals surface area (Å²) in [4.78, 5) is 24.8. The van der Waals surface area contributed by atoms with E-state index in [-0.39, 0.29) is 50.0 Å². The van der Waals surface area contributed by atoms with Crippen molar-refractivity contribution in [3.63, 3.8) is 0 Å². The van der Waals surface area contributed by atoms with Crippen molar-refractivity contribution in [1.82, 2.24) is 74.9 Å². The van der Waals surface area contributed by atoms with Gasteiger partial charge in [0.05, 0.1) is 114 Å². The summed E-state index contributed by atoms with van der Waals surface area (Å²) >= 11 is 1.14. The molecule has 6 aliphatic carbocycles. The second kappa shape index (κ2) is 35.1. The van der Waals surface area contributed by atoms with E-state index in [1.807, 2.05) is 0 Å². The summed E-state index contributed by atoms with van der Waals surface area (Å²) in [7, 11) is 0. The van der Waals surface area contributed by atoms with Crippen molar-refractivity contribution in [1.29, 1.82) is 0 Å². The van der Waals surface area contributed by atoms with Crippen LogP contribution in [0, 0.1) is 38.2 Å². The topological polar surface area (TPSA) is 415 Å². The number of halogens is 3. The van der Waals surface area contributed by atoms with Gasteiger partial charge in [-0.3, -0.25) is 0 Å². The molecule has 15 rings (SSSR count). The van der Waals surface area contributed by atoms with Crippen molar-refractivity contribution in [2.24, 2.45) is 0 Å². The van der Waals surface area contributed by atoms with Crippen LogP contribution in [0.25, 0.3) is 33.5 Å². The normalized spacial score (nSPS) is 47.7. The fourth-order valence-corrected chi connectivity index (χ4v) is 11.4. The molecule has 6 heterocycles. The number of ether oxygens (including phenoxy) is 3. The number of anilines is 3. The Morgan fingerprint density at radius 2 is 0.806 bits per heavy atom. The van der Waals surface area contributed by atoms with Gasteiger partial charge in [-0.05, 0) is 111 Å². The number of rotatable bonds is 30. The van der Waals surface area contributed by atoms with Crippen LogP contribution in [0.3, 0.4) is 0 Å². The second-order valence-corrected chi connectivity index (χ2v) is 25.2. The van der Waals surface area contributed by atoms with Gasteiger partial charge in [0.25, 0.3) is 0 Å². The first-order chi connectivity index (χ1) is 68.2. The molecule has 0 amide bonds.